The van der Waals surface area contributed by atoms with Gasteiger partial charge in [-0.05, 0) is 31.5 Å². The Labute approximate surface area is 118 Å². The quantitative estimate of drug-likeness (QED) is 0.905. The Balaban J connectivity index is 2.61. The molecule has 1 aromatic heterocycles. The second-order valence-electron chi connectivity index (χ2n) is 4.96. The zero-order chi connectivity index (χ0) is 14.7. The lowest BCUT2D eigenvalue weighted by Crippen LogP contribution is -2.12. The lowest BCUT2D eigenvalue weighted by molar-refractivity contribution is 0.0683. The van der Waals surface area contributed by atoms with Crippen LogP contribution in [-0.4, -0.2) is 22.8 Å². The van der Waals surface area contributed by atoms with E-state index in [1.54, 1.807) is 13.2 Å². The zero-order valence-corrected chi connectivity index (χ0v) is 12.0. The molecule has 0 fully saturated rings. The van der Waals surface area contributed by atoms with Crippen LogP contribution in [0.2, 0.25) is 0 Å². The topological polar surface area (TPSA) is 51.5 Å². The fourth-order valence-corrected chi connectivity index (χ4v) is 2.45. The number of hydrogen-bond acceptors (Lipinski definition) is 2. The minimum Gasteiger partial charge on any atom is -0.477 e. The second kappa shape index (κ2) is 5.92. The Bertz CT molecular complexity index is 614. The third-order valence-electron chi connectivity index (χ3n) is 3.25. The van der Waals surface area contributed by atoms with Gasteiger partial charge in [0.2, 0.25) is 0 Å². The number of rotatable bonds is 5. The summed E-state index contributed by atoms with van der Waals surface area (Å²) in [6.45, 7) is 4.46. The van der Waals surface area contributed by atoms with E-state index < -0.39 is 5.97 Å². The number of aromatic nitrogens is 1. The van der Waals surface area contributed by atoms with Crippen molar-refractivity contribution in [3.63, 3.8) is 0 Å². The number of aromatic carboxylic acids is 1. The molecule has 0 unspecified atom stereocenters. The van der Waals surface area contributed by atoms with Crippen LogP contribution in [0.15, 0.2) is 36.4 Å². The Kier molecular flexibility index (Phi) is 4.25. The highest BCUT2D eigenvalue weighted by Crippen LogP contribution is 2.29. The fourth-order valence-electron chi connectivity index (χ4n) is 2.45. The molecule has 0 saturated heterocycles. The van der Waals surface area contributed by atoms with Crippen LogP contribution >= 0.6 is 0 Å². The van der Waals surface area contributed by atoms with Gasteiger partial charge >= 0.3 is 5.97 Å². The molecule has 0 atom stereocenters. The van der Waals surface area contributed by atoms with E-state index >= 15 is 0 Å². The highest BCUT2D eigenvalue weighted by atomic mass is 16.5. The lowest BCUT2D eigenvalue weighted by Gasteiger charge is -2.17. The molecule has 2 rings (SSSR count). The molecule has 20 heavy (non-hydrogen) atoms. The van der Waals surface area contributed by atoms with Crippen LogP contribution in [0.4, 0.5) is 0 Å². The molecule has 0 aliphatic rings. The maximum Gasteiger partial charge on any atom is 0.352 e. The van der Waals surface area contributed by atoms with Gasteiger partial charge in [0.05, 0.1) is 6.61 Å². The Hall–Kier alpha value is -2.07. The van der Waals surface area contributed by atoms with Gasteiger partial charge in [0, 0.05) is 24.4 Å². The summed E-state index contributed by atoms with van der Waals surface area (Å²) in [6, 6.07) is 11.5. The van der Waals surface area contributed by atoms with Gasteiger partial charge < -0.3 is 14.4 Å². The summed E-state index contributed by atoms with van der Waals surface area (Å²) in [6.07, 6.45) is 0. The first-order valence-electron chi connectivity index (χ1n) is 6.58. The number of carboxylic acid groups (broad SMARTS) is 1. The van der Waals surface area contributed by atoms with E-state index in [2.05, 4.69) is 0 Å². The average molecular weight is 273 g/mol. The number of methoxy groups -OCH3 is 1. The van der Waals surface area contributed by atoms with Crippen molar-refractivity contribution in [2.75, 3.05) is 7.11 Å². The molecule has 4 heteroatoms. The van der Waals surface area contributed by atoms with Crippen LogP contribution in [0.5, 0.6) is 0 Å². The van der Waals surface area contributed by atoms with Gasteiger partial charge in [0.15, 0.2) is 0 Å². The van der Waals surface area contributed by atoms with Crippen molar-refractivity contribution in [3.05, 3.63) is 47.7 Å². The summed E-state index contributed by atoms with van der Waals surface area (Å²) in [4.78, 5) is 11.3. The molecular formula is C16H19NO3. The van der Waals surface area contributed by atoms with Gasteiger partial charge in [-0.25, -0.2) is 4.79 Å². The van der Waals surface area contributed by atoms with E-state index in [1.165, 1.54) is 0 Å². The summed E-state index contributed by atoms with van der Waals surface area (Å²) in [5, 5.41) is 9.30. The summed E-state index contributed by atoms with van der Waals surface area (Å²) in [5.74, 6) is -0.908. The van der Waals surface area contributed by atoms with Gasteiger partial charge in [-0.2, -0.15) is 0 Å². The largest absolute Gasteiger partial charge is 0.477 e. The van der Waals surface area contributed by atoms with Gasteiger partial charge in [0.25, 0.3) is 0 Å². The molecule has 106 valence electrons. The Morgan fingerprint density at radius 2 is 1.95 bits per heavy atom. The van der Waals surface area contributed by atoms with E-state index in [0.717, 1.165) is 16.8 Å². The van der Waals surface area contributed by atoms with Gasteiger partial charge in [-0.15, -0.1) is 0 Å². The van der Waals surface area contributed by atoms with Crippen molar-refractivity contribution in [1.82, 2.24) is 4.57 Å². The predicted molar refractivity (Wildman–Crippen MR) is 77.9 cm³/mol. The molecule has 1 aromatic carbocycles. The van der Waals surface area contributed by atoms with Crippen LogP contribution in [0.25, 0.3) is 11.3 Å². The van der Waals surface area contributed by atoms with Crippen molar-refractivity contribution in [2.24, 2.45) is 0 Å². The van der Waals surface area contributed by atoms with Gasteiger partial charge in [-0.3, -0.25) is 0 Å². The molecule has 0 bridgehead atoms. The van der Waals surface area contributed by atoms with E-state index in [-0.39, 0.29) is 6.04 Å². The van der Waals surface area contributed by atoms with Crippen molar-refractivity contribution in [3.8, 4) is 11.3 Å². The molecule has 1 N–H and O–H groups in total. The standard InChI is InChI=1S/C16H19NO3/c1-11(2)17-14(8-9-15(17)16(18)19)13-7-5-4-6-12(13)10-20-3/h4-9,11H,10H2,1-3H3,(H,18,19). The van der Waals surface area contributed by atoms with E-state index in [1.807, 2.05) is 48.7 Å². The summed E-state index contributed by atoms with van der Waals surface area (Å²) < 4.78 is 7.06. The van der Waals surface area contributed by atoms with Crippen molar-refractivity contribution < 1.29 is 14.6 Å². The van der Waals surface area contributed by atoms with E-state index in [9.17, 15) is 9.90 Å². The van der Waals surface area contributed by atoms with Gasteiger partial charge in [-0.1, -0.05) is 24.3 Å². The van der Waals surface area contributed by atoms with E-state index in [0.29, 0.717) is 12.3 Å². The fraction of sp³-hybridized carbons (Fsp3) is 0.312. The van der Waals surface area contributed by atoms with Crippen LogP contribution in [-0.2, 0) is 11.3 Å². The van der Waals surface area contributed by atoms with Crippen LogP contribution in [0.3, 0.4) is 0 Å². The molecule has 1 heterocycles. The normalized spacial score (nSPS) is 11.0. The van der Waals surface area contributed by atoms with E-state index in [4.69, 9.17) is 4.74 Å². The minimum atomic E-state index is -0.908. The molecule has 0 amide bonds. The van der Waals surface area contributed by atoms with Crippen LogP contribution in [0.1, 0.15) is 35.9 Å². The average Bonchev–Trinajstić information content (AvgIpc) is 2.84. The van der Waals surface area contributed by atoms with Gasteiger partial charge in [0.1, 0.15) is 5.69 Å². The summed E-state index contributed by atoms with van der Waals surface area (Å²) >= 11 is 0. The highest BCUT2D eigenvalue weighted by Gasteiger charge is 2.18. The van der Waals surface area contributed by atoms with Crippen molar-refractivity contribution in [1.29, 1.82) is 0 Å². The molecular weight excluding hydrogens is 254 g/mol. The monoisotopic (exact) mass is 273 g/mol. The molecule has 0 aliphatic heterocycles. The smallest absolute Gasteiger partial charge is 0.352 e. The Morgan fingerprint density at radius 3 is 2.55 bits per heavy atom. The molecule has 4 nitrogen and oxygen atoms in total. The number of hydrogen-bond donors (Lipinski definition) is 1. The van der Waals surface area contributed by atoms with Crippen LogP contribution in [0, 0.1) is 0 Å². The third kappa shape index (κ3) is 2.60. The minimum absolute atomic E-state index is 0.0710. The number of carboxylic acids is 1. The first-order chi connectivity index (χ1) is 9.56. The predicted octanol–water partition coefficient (Wildman–Crippen LogP) is 3.58. The molecule has 2 aromatic rings. The maximum atomic E-state index is 11.3. The summed E-state index contributed by atoms with van der Waals surface area (Å²) in [7, 11) is 1.65. The first kappa shape index (κ1) is 14.3. The lowest BCUT2D eigenvalue weighted by atomic mass is 10.0. The number of nitrogens with zero attached hydrogens (tertiary/aromatic N) is 1. The highest BCUT2D eigenvalue weighted by molar-refractivity contribution is 5.87. The third-order valence-corrected chi connectivity index (χ3v) is 3.25. The molecule has 0 aliphatic carbocycles. The number of carbonyl (C=O) groups is 1. The molecule has 0 spiro atoms. The maximum absolute atomic E-state index is 11.3. The Morgan fingerprint density at radius 1 is 1.25 bits per heavy atom. The van der Waals surface area contributed by atoms with Crippen molar-refractivity contribution >= 4 is 5.97 Å². The second-order valence-corrected chi connectivity index (χ2v) is 4.96. The summed E-state index contributed by atoms with van der Waals surface area (Å²) in [5.41, 5.74) is 3.27. The van der Waals surface area contributed by atoms with Crippen molar-refractivity contribution in [2.45, 2.75) is 26.5 Å². The first-order valence-corrected chi connectivity index (χ1v) is 6.58. The number of ether oxygens (including phenoxy) is 1. The molecule has 0 radical (unpaired) electrons. The molecule has 0 saturated carbocycles. The number of benzene rings is 1. The zero-order valence-electron chi connectivity index (χ0n) is 12.0. The van der Waals surface area contributed by atoms with Crippen LogP contribution < -0.4 is 0 Å². The SMILES string of the molecule is COCc1ccccc1-c1ccc(C(=O)O)n1C(C)C.